The number of ether oxygens (including phenoxy) is 1. The predicted octanol–water partition coefficient (Wildman–Crippen LogP) is 12.3. The molecule has 0 bridgehead atoms. The van der Waals surface area contributed by atoms with Crippen molar-refractivity contribution in [3.63, 3.8) is 0 Å². The van der Waals surface area contributed by atoms with Crippen molar-refractivity contribution in [3.05, 3.63) is 169 Å². The molecule has 8 aromatic rings. The summed E-state index contributed by atoms with van der Waals surface area (Å²) in [5, 5.41) is 2.47. The summed E-state index contributed by atoms with van der Waals surface area (Å²) in [5.41, 5.74) is 14.4. The lowest BCUT2D eigenvalue weighted by atomic mass is 9.81. The third kappa shape index (κ3) is 3.76. The second-order valence-corrected chi connectivity index (χ2v) is 13.4. The molecule has 0 saturated heterocycles. The monoisotopic (exact) mass is 616 g/mol. The smallest absolute Gasteiger partial charge is 0.152 e. The van der Waals surface area contributed by atoms with E-state index in [2.05, 4.69) is 175 Å². The van der Waals surface area contributed by atoms with Gasteiger partial charge < -0.3 is 14.2 Å². The Labute approximate surface area is 279 Å². The minimum atomic E-state index is -0.184. The number of hydrogen-bond acceptors (Lipinski definition) is 2. The third-order valence-electron chi connectivity index (χ3n) is 10.4. The van der Waals surface area contributed by atoms with Crippen LogP contribution in [0.4, 0.5) is 17.1 Å². The van der Waals surface area contributed by atoms with Gasteiger partial charge in [-0.1, -0.05) is 98.8 Å². The van der Waals surface area contributed by atoms with Crippen molar-refractivity contribution in [3.8, 4) is 39.4 Å². The molecule has 0 atom stereocenters. The standard InChI is InChI=1S/C45H32N2O/c1-45(2)37-27-29(33-25-26-42-44-43(33)36-17-9-10-18-39(36)47(44)40-19-11-12-20-41(40)48-42)21-23-34(37)35-24-22-32(28-38(35)45)46(30-13-5-3-6-14-30)31-15-7-4-8-16-31/h3-28H,1-2H3. The Morgan fingerprint density at radius 3 is 1.92 bits per heavy atom. The van der Waals surface area contributed by atoms with Gasteiger partial charge in [-0.25, -0.2) is 0 Å². The first-order chi connectivity index (χ1) is 23.6. The molecule has 3 heteroatoms. The van der Waals surface area contributed by atoms with Crippen LogP contribution in [0.15, 0.2) is 158 Å². The number of aromatic nitrogens is 1. The average Bonchev–Trinajstić information content (AvgIpc) is 3.60. The summed E-state index contributed by atoms with van der Waals surface area (Å²) in [5.74, 6) is 1.78. The van der Waals surface area contributed by atoms with E-state index in [9.17, 15) is 0 Å². The maximum absolute atomic E-state index is 6.49. The highest BCUT2D eigenvalue weighted by Crippen LogP contribution is 2.53. The predicted molar refractivity (Wildman–Crippen MR) is 199 cm³/mol. The van der Waals surface area contributed by atoms with Crippen molar-refractivity contribution in [2.45, 2.75) is 19.3 Å². The highest BCUT2D eigenvalue weighted by atomic mass is 16.5. The van der Waals surface area contributed by atoms with E-state index in [4.69, 9.17) is 4.74 Å². The Balaban J connectivity index is 1.13. The third-order valence-corrected chi connectivity index (χ3v) is 10.4. The van der Waals surface area contributed by atoms with Crippen molar-refractivity contribution in [1.82, 2.24) is 4.57 Å². The lowest BCUT2D eigenvalue weighted by Crippen LogP contribution is -2.16. The van der Waals surface area contributed by atoms with Crippen molar-refractivity contribution in [1.29, 1.82) is 0 Å². The van der Waals surface area contributed by atoms with E-state index in [1.807, 2.05) is 6.07 Å². The molecule has 48 heavy (non-hydrogen) atoms. The first-order valence-electron chi connectivity index (χ1n) is 16.6. The normalized spacial score (nSPS) is 13.5. The zero-order valence-electron chi connectivity index (χ0n) is 26.8. The Morgan fingerprint density at radius 2 is 1.15 bits per heavy atom. The van der Waals surface area contributed by atoms with Gasteiger partial charge in [0.2, 0.25) is 0 Å². The summed E-state index contributed by atoms with van der Waals surface area (Å²) in [6, 6.07) is 56.8. The molecule has 2 heterocycles. The molecule has 2 aliphatic rings. The van der Waals surface area contributed by atoms with E-state index in [0.29, 0.717) is 0 Å². The van der Waals surface area contributed by atoms with Gasteiger partial charge in [-0.05, 0) is 106 Å². The van der Waals surface area contributed by atoms with Crippen LogP contribution in [0, 0.1) is 0 Å². The second kappa shape index (κ2) is 9.97. The van der Waals surface area contributed by atoms with Gasteiger partial charge in [0.15, 0.2) is 11.5 Å². The van der Waals surface area contributed by atoms with Crippen LogP contribution in [0.3, 0.4) is 0 Å². The molecule has 3 nitrogen and oxygen atoms in total. The molecular formula is C45H32N2O. The summed E-state index contributed by atoms with van der Waals surface area (Å²) in [4.78, 5) is 2.35. The van der Waals surface area contributed by atoms with E-state index in [1.165, 1.54) is 49.7 Å². The van der Waals surface area contributed by atoms with Crippen LogP contribution < -0.4 is 9.64 Å². The number of benzene rings is 7. The molecule has 228 valence electrons. The highest BCUT2D eigenvalue weighted by Gasteiger charge is 2.37. The zero-order valence-corrected chi connectivity index (χ0v) is 26.8. The van der Waals surface area contributed by atoms with Crippen LogP contribution in [0.2, 0.25) is 0 Å². The SMILES string of the molecule is CC1(C)c2cc(-c3ccc4c5c3c3ccccc3n5-c3ccccc3O4)ccc2-c2ccc(N(c3ccccc3)c3ccccc3)cc21. The number of rotatable bonds is 4. The maximum Gasteiger partial charge on any atom is 0.152 e. The van der Waals surface area contributed by atoms with Gasteiger partial charge in [0.05, 0.1) is 16.7 Å². The summed E-state index contributed by atoms with van der Waals surface area (Å²) in [6.07, 6.45) is 0. The molecule has 0 fully saturated rings. The quantitative estimate of drug-likeness (QED) is 0.196. The first kappa shape index (κ1) is 27.1. The van der Waals surface area contributed by atoms with E-state index in [1.54, 1.807) is 0 Å². The number of nitrogens with zero attached hydrogens (tertiary/aromatic N) is 2. The molecule has 0 saturated carbocycles. The molecule has 1 aliphatic heterocycles. The van der Waals surface area contributed by atoms with Crippen LogP contribution in [0.25, 0.3) is 49.7 Å². The van der Waals surface area contributed by atoms with E-state index in [-0.39, 0.29) is 5.41 Å². The largest absolute Gasteiger partial charge is 0.453 e. The molecule has 1 aromatic heterocycles. The molecule has 7 aromatic carbocycles. The minimum Gasteiger partial charge on any atom is -0.453 e. The lowest BCUT2D eigenvalue weighted by Gasteiger charge is -2.28. The number of para-hydroxylation sites is 5. The van der Waals surface area contributed by atoms with Gasteiger partial charge in [-0.2, -0.15) is 0 Å². The van der Waals surface area contributed by atoms with Crippen molar-refractivity contribution < 1.29 is 4.74 Å². The lowest BCUT2D eigenvalue weighted by molar-refractivity contribution is 0.476. The van der Waals surface area contributed by atoms with E-state index in [0.717, 1.165) is 39.8 Å². The van der Waals surface area contributed by atoms with Gasteiger partial charge in [0.1, 0.15) is 0 Å². The molecule has 10 rings (SSSR count). The van der Waals surface area contributed by atoms with Gasteiger partial charge in [-0.15, -0.1) is 0 Å². The first-order valence-corrected chi connectivity index (χ1v) is 16.6. The molecule has 0 N–H and O–H groups in total. The van der Waals surface area contributed by atoms with Crippen molar-refractivity contribution in [2.75, 3.05) is 4.90 Å². The Morgan fingerprint density at radius 1 is 0.521 bits per heavy atom. The highest BCUT2D eigenvalue weighted by molar-refractivity contribution is 6.18. The fourth-order valence-electron chi connectivity index (χ4n) is 8.12. The molecular weight excluding hydrogens is 585 g/mol. The van der Waals surface area contributed by atoms with Crippen LogP contribution >= 0.6 is 0 Å². The second-order valence-electron chi connectivity index (χ2n) is 13.4. The fourth-order valence-corrected chi connectivity index (χ4v) is 8.12. The average molecular weight is 617 g/mol. The zero-order chi connectivity index (χ0) is 32.0. The van der Waals surface area contributed by atoms with Gasteiger partial charge in [0, 0.05) is 33.2 Å². The molecule has 1 aliphatic carbocycles. The van der Waals surface area contributed by atoms with E-state index >= 15 is 0 Å². The Bertz CT molecular complexity index is 2520. The van der Waals surface area contributed by atoms with Crippen molar-refractivity contribution >= 4 is 38.9 Å². The molecule has 0 radical (unpaired) electrons. The summed E-state index contributed by atoms with van der Waals surface area (Å²) in [6.45, 7) is 4.74. The maximum atomic E-state index is 6.49. The number of fused-ring (bicyclic) bond motifs is 8. The van der Waals surface area contributed by atoms with E-state index < -0.39 is 0 Å². The Hall–Kier alpha value is -6.06. The summed E-state index contributed by atoms with van der Waals surface area (Å²) < 4.78 is 8.87. The van der Waals surface area contributed by atoms with Crippen LogP contribution in [-0.2, 0) is 5.41 Å². The van der Waals surface area contributed by atoms with Crippen LogP contribution in [0.5, 0.6) is 11.5 Å². The summed E-state index contributed by atoms with van der Waals surface area (Å²) in [7, 11) is 0. The van der Waals surface area contributed by atoms with Crippen LogP contribution in [-0.4, -0.2) is 4.57 Å². The molecule has 0 unspecified atom stereocenters. The molecule has 0 spiro atoms. The van der Waals surface area contributed by atoms with Crippen LogP contribution in [0.1, 0.15) is 25.0 Å². The summed E-state index contributed by atoms with van der Waals surface area (Å²) >= 11 is 0. The Kier molecular flexibility index (Phi) is 5.63. The van der Waals surface area contributed by atoms with Crippen molar-refractivity contribution in [2.24, 2.45) is 0 Å². The number of anilines is 3. The molecule has 0 amide bonds. The minimum absolute atomic E-state index is 0.184. The van der Waals surface area contributed by atoms with Gasteiger partial charge in [-0.3, -0.25) is 0 Å². The fraction of sp³-hybridized carbons (Fsp3) is 0.0667. The van der Waals surface area contributed by atoms with Gasteiger partial charge in [0.25, 0.3) is 0 Å². The topological polar surface area (TPSA) is 17.4 Å². The number of hydrogen-bond donors (Lipinski definition) is 0. The van der Waals surface area contributed by atoms with Gasteiger partial charge >= 0.3 is 0 Å².